The molecule has 212 valence electrons. The lowest BCUT2D eigenvalue weighted by atomic mass is 9.94. The van der Waals surface area contributed by atoms with Crippen molar-refractivity contribution in [2.24, 2.45) is 0 Å². The van der Waals surface area contributed by atoms with Crippen LogP contribution in [0.5, 0.6) is 0 Å². The maximum atomic E-state index is 13.1. The maximum absolute atomic E-state index is 13.1. The Labute approximate surface area is 249 Å². The molecule has 0 saturated carbocycles. The third-order valence-corrected chi connectivity index (χ3v) is 9.03. The summed E-state index contributed by atoms with van der Waals surface area (Å²) in [6.45, 7) is 10.2. The van der Waals surface area contributed by atoms with E-state index in [1.54, 1.807) is 4.90 Å². The van der Waals surface area contributed by atoms with E-state index >= 15 is 0 Å². The second-order valence-corrected chi connectivity index (χ2v) is 13.0. The van der Waals surface area contributed by atoms with Gasteiger partial charge in [-0.3, -0.25) is 0 Å². The van der Waals surface area contributed by atoms with Crippen LogP contribution < -0.4 is 0 Å². The number of amides is 2. The van der Waals surface area contributed by atoms with Gasteiger partial charge in [-0.2, -0.15) is 0 Å². The maximum Gasteiger partial charge on any atom is 0.410 e. The summed E-state index contributed by atoms with van der Waals surface area (Å²) < 4.78 is 11.9. The summed E-state index contributed by atoms with van der Waals surface area (Å²) in [5.74, 6) is 0. The molecule has 4 rings (SSSR count). The van der Waals surface area contributed by atoms with E-state index in [1.165, 1.54) is 33.4 Å². The first-order valence-corrected chi connectivity index (χ1v) is 16.0. The topological polar surface area (TPSA) is 59.1 Å². The van der Waals surface area contributed by atoms with Crippen molar-refractivity contribution in [2.75, 3.05) is 19.6 Å². The lowest BCUT2D eigenvalue weighted by molar-refractivity contribution is -0.0275. The first kappa shape index (κ1) is 29.9. The third kappa shape index (κ3) is 8.00. The SMILES string of the molecule is CC(C)(CCC(C)(C)OC(=O)N1CCc2ccc(CBr)cc2C1)OC(=O)N1CCc2ccc(CBr)cc2CC1. The Morgan fingerprint density at radius 2 is 1.13 bits per heavy atom. The number of carbonyl (C=O) groups excluding carboxylic acids is 2. The third-order valence-electron chi connectivity index (χ3n) is 7.74. The van der Waals surface area contributed by atoms with Gasteiger partial charge in [-0.1, -0.05) is 68.3 Å². The van der Waals surface area contributed by atoms with Crippen molar-refractivity contribution in [3.63, 3.8) is 0 Å². The minimum atomic E-state index is -0.684. The van der Waals surface area contributed by atoms with Crippen molar-refractivity contribution in [3.05, 3.63) is 69.8 Å². The lowest BCUT2D eigenvalue weighted by Crippen LogP contribution is -2.42. The quantitative estimate of drug-likeness (QED) is 0.287. The van der Waals surface area contributed by atoms with E-state index in [4.69, 9.17) is 9.47 Å². The molecule has 2 aromatic carbocycles. The molecule has 2 aliphatic rings. The van der Waals surface area contributed by atoms with Crippen molar-refractivity contribution in [2.45, 2.75) is 88.2 Å². The van der Waals surface area contributed by atoms with Crippen LogP contribution in [-0.4, -0.2) is 52.8 Å². The zero-order chi connectivity index (χ0) is 28.2. The number of carbonyl (C=O) groups is 2. The molecule has 2 aliphatic heterocycles. The Kier molecular flexibility index (Phi) is 9.69. The van der Waals surface area contributed by atoms with Gasteiger partial charge in [0.05, 0.1) is 0 Å². The summed E-state index contributed by atoms with van der Waals surface area (Å²) >= 11 is 7.04. The van der Waals surface area contributed by atoms with Crippen molar-refractivity contribution in [1.82, 2.24) is 9.80 Å². The van der Waals surface area contributed by atoms with E-state index in [1.807, 2.05) is 32.6 Å². The number of rotatable bonds is 7. The minimum Gasteiger partial charge on any atom is -0.443 e. The van der Waals surface area contributed by atoms with E-state index in [0.29, 0.717) is 39.0 Å². The van der Waals surface area contributed by atoms with Gasteiger partial charge in [0.1, 0.15) is 11.2 Å². The first-order chi connectivity index (χ1) is 18.5. The molecule has 0 radical (unpaired) electrons. The number of fused-ring (bicyclic) bond motifs is 2. The minimum absolute atomic E-state index is 0.279. The van der Waals surface area contributed by atoms with Crippen LogP contribution in [-0.2, 0) is 45.9 Å². The van der Waals surface area contributed by atoms with Crippen molar-refractivity contribution in [3.8, 4) is 0 Å². The first-order valence-electron chi connectivity index (χ1n) is 13.8. The molecule has 0 bridgehead atoms. The summed E-state index contributed by atoms with van der Waals surface area (Å²) in [6, 6.07) is 13.0. The fourth-order valence-corrected chi connectivity index (χ4v) is 5.90. The van der Waals surface area contributed by atoms with Gasteiger partial charge < -0.3 is 19.3 Å². The zero-order valence-corrected chi connectivity index (χ0v) is 26.7. The highest BCUT2D eigenvalue weighted by atomic mass is 79.9. The molecule has 6 nitrogen and oxygen atoms in total. The van der Waals surface area contributed by atoms with E-state index in [-0.39, 0.29) is 12.2 Å². The molecule has 2 heterocycles. The Bertz CT molecular complexity index is 1200. The fourth-order valence-electron chi connectivity index (χ4n) is 5.20. The number of alkyl halides is 2. The molecular formula is C31H40Br2N2O4. The van der Waals surface area contributed by atoms with E-state index < -0.39 is 11.2 Å². The highest BCUT2D eigenvalue weighted by Crippen LogP contribution is 2.28. The van der Waals surface area contributed by atoms with Crippen LogP contribution in [0.15, 0.2) is 36.4 Å². The molecule has 2 amide bonds. The zero-order valence-electron chi connectivity index (χ0n) is 23.5. The van der Waals surface area contributed by atoms with Crippen molar-refractivity contribution in [1.29, 1.82) is 0 Å². The molecule has 0 unspecified atom stereocenters. The van der Waals surface area contributed by atoms with Gasteiger partial charge in [0.15, 0.2) is 0 Å². The smallest absolute Gasteiger partial charge is 0.410 e. The molecule has 0 aliphatic carbocycles. The second-order valence-electron chi connectivity index (χ2n) is 11.9. The van der Waals surface area contributed by atoms with Crippen molar-refractivity contribution >= 4 is 44.0 Å². The second kappa shape index (κ2) is 12.6. The molecule has 0 N–H and O–H groups in total. The number of hydrogen-bond acceptors (Lipinski definition) is 4. The van der Waals surface area contributed by atoms with Gasteiger partial charge in [0.25, 0.3) is 0 Å². The number of halogens is 2. The number of nitrogens with zero attached hydrogens (tertiary/aromatic N) is 2. The fraction of sp³-hybridized carbons (Fsp3) is 0.548. The number of benzene rings is 2. The van der Waals surface area contributed by atoms with Gasteiger partial charge in [0, 0.05) is 36.8 Å². The largest absolute Gasteiger partial charge is 0.443 e. The molecular weight excluding hydrogens is 624 g/mol. The molecule has 2 aromatic rings. The average Bonchev–Trinajstić information content (AvgIpc) is 3.13. The number of ether oxygens (including phenoxy) is 2. The lowest BCUT2D eigenvalue weighted by Gasteiger charge is -2.35. The van der Waals surface area contributed by atoms with Crippen LogP contribution >= 0.6 is 31.9 Å². The van der Waals surface area contributed by atoms with Gasteiger partial charge in [-0.05, 0) is 93.2 Å². The Morgan fingerprint density at radius 1 is 0.692 bits per heavy atom. The highest BCUT2D eigenvalue weighted by molar-refractivity contribution is 9.08. The molecule has 0 fully saturated rings. The van der Waals surface area contributed by atoms with E-state index in [9.17, 15) is 9.59 Å². The molecule has 0 saturated heterocycles. The predicted octanol–water partition coefficient (Wildman–Crippen LogP) is 7.55. The summed E-state index contributed by atoms with van der Waals surface area (Å²) in [6.07, 6.45) is 3.07. The average molecular weight is 664 g/mol. The van der Waals surface area contributed by atoms with Crippen LogP contribution in [0, 0.1) is 0 Å². The van der Waals surface area contributed by atoms with Crippen LogP contribution in [0.3, 0.4) is 0 Å². The van der Waals surface area contributed by atoms with Crippen LogP contribution in [0.25, 0.3) is 0 Å². The summed E-state index contributed by atoms with van der Waals surface area (Å²) in [5, 5.41) is 1.62. The van der Waals surface area contributed by atoms with Gasteiger partial charge in [-0.25, -0.2) is 9.59 Å². The van der Waals surface area contributed by atoms with E-state index in [2.05, 4.69) is 68.3 Å². The monoisotopic (exact) mass is 662 g/mol. The van der Waals surface area contributed by atoms with Gasteiger partial charge in [-0.15, -0.1) is 0 Å². The highest BCUT2D eigenvalue weighted by Gasteiger charge is 2.33. The Balaban J connectivity index is 1.27. The molecule has 8 heteroatoms. The van der Waals surface area contributed by atoms with Crippen LogP contribution in [0.4, 0.5) is 9.59 Å². The van der Waals surface area contributed by atoms with Crippen LogP contribution in [0.2, 0.25) is 0 Å². The molecule has 39 heavy (non-hydrogen) atoms. The number of hydrogen-bond donors (Lipinski definition) is 0. The molecule has 0 atom stereocenters. The summed E-state index contributed by atoms with van der Waals surface area (Å²) in [4.78, 5) is 29.7. The van der Waals surface area contributed by atoms with E-state index in [0.717, 1.165) is 29.9 Å². The Hall–Kier alpha value is -2.06. The van der Waals surface area contributed by atoms with Crippen molar-refractivity contribution < 1.29 is 19.1 Å². The predicted molar refractivity (Wildman–Crippen MR) is 162 cm³/mol. The normalized spacial score (nSPS) is 15.7. The summed E-state index contributed by atoms with van der Waals surface area (Å²) in [7, 11) is 0. The molecule has 0 aromatic heterocycles. The molecule has 0 spiro atoms. The standard InChI is InChI=1S/C31H40Br2N2O4/c1-30(2,38-28(36)34-14-9-24-7-5-22(19-32)17-26(24)11-15-34)12-13-31(3,4)39-29(37)35-16-10-25-8-6-23(20-33)18-27(25)21-35/h5-8,17-18H,9-16,19-21H2,1-4H3. The Morgan fingerprint density at radius 3 is 1.67 bits per heavy atom. The summed E-state index contributed by atoms with van der Waals surface area (Å²) in [5.41, 5.74) is 6.18. The van der Waals surface area contributed by atoms with Crippen LogP contribution in [0.1, 0.15) is 73.9 Å². The van der Waals surface area contributed by atoms with Gasteiger partial charge >= 0.3 is 12.2 Å². The van der Waals surface area contributed by atoms with Gasteiger partial charge in [0.2, 0.25) is 0 Å².